The zero-order valence-corrected chi connectivity index (χ0v) is 81.7. The van der Waals surface area contributed by atoms with E-state index in [9.17, 15) is 9.59 Å². The fraction of sp³-hybridized carbons (Fsp3) is 0.394. The third-order valence-electron chi connectivity index (χ3n) is 26.8. The molecule has 0 fully saturated rings. The van der Waals surface area contributed by atoms with Crippen LogP contribution in [0, 0.1) is 27.7 Å². The summed E-state index contributed by atoms with van der Waals surface area (Å²) >= 11 is 7.59. The Morgan fingerprint density at radius 1 is 0.463 bits per heavy atom. The van der Waals surface area contributed by atoms with Crippen molar-refractivity contribution in [2.75, 3.05) is 31.1 Å². The van der Waals surface area contributed by atoms with Crippen LogP contribution in [0.25, 0.3) is 88.7 Å². The Bertz CT molecular complexity index is 6160. The molecule has 2 amide bonds. The molecule has 12 heterocycles. The van der Waals surface area contributed by atoms with Crippen LogP contribution in [-0.4, -0.2) is 68.2 Å². The van der Waals surface area contributed by atoms with E-state index >= 15 is 0 Å². The summed E-state index contributed by atoms with van der Waals surface area (Å²) in [6.07, 6.45) is 22.2. The van der Waals surface area contributed by atoms with Crippen LogP contribution in [0.1, 0.15) is 282 Å². The summed E-state index contributed by atoms with van der Waals surface area (Å²) in [6, 6.07) is 34.9. The normalized spacial score (nSPS) is 16.2. The number of anilines is 1. The molecular weight excluding hydrogens is 1620 g/mol. The number of hydrogen-bond donors (Lipinski definition) is 2. The molecule has 15 rings (SSSR count). The van der Waals surface area contributed by atoms with Gasteiger partial charge in [-0.25, -0.2) is 19.9 Å². The molecule has 8 aromatic rings. The van der Waals surface area contributed by atoms with Crippen LogP contribution >= 0.6 is 11.6 Å². The van der Waals surface area contributed by atoms with Crippen LogP contribution in [0.5, 0.6) is 0 Å². The van der Waals surface area contributed by atoms with E-state index in [4.69, 9.17) is 51.5 Å². The maximum absolute atomic E-state index is 13.9. The van der Waals surface area contributed by atoms with Gasteiger partial charge in [-0.2, -0.15) is 4.58 Å². The summed E-state index contributed by atoms with van der Waals surface area (Å²) in [6.45, 7) is 42.5. The average molecular weight is 1730 g/mol. The van der Waals surface area contributed by atoms with Crippen LogP contribution in [0.15, 0.2) is 143 Å². The molecule has 0 saturated heterocycles. The first kappa shape index (κ1) is 89.3. The number of amides is 2. The van der Waals surface area contributed by atoms with E-state index in [0.29, 0.717) is 51.6 Å². The predicted octanol–water partition coefficient (Wildman–Crippen LogP) is 23.5. The molecule has 616 valence electrons. The molecule has 1 aliphatic carbocycles. The summed E-state index contributed by atoms with van der Waals surface area (Å²) in [5.74, 6) is 0.105. The maximum Gasteiger partial charge on any atom is 2.00 e. The molecule has 2 N–H and O–H groups in total. The maximum atomic E-state index is 13.9. The standard InChI is InChI=1S/C104H120ClN12O2.2Zn/c1-19-70-60(7)80-52-82-66(13)76(94(114-82)58-92-74(23-5)64(11)86(112-92)56-90-72(21-3)62(9)84(110-90)54-88(70)108-80)36-30-42-100(118)106-48-32-50-116-96-40-27-25-38-78(96)103(15,16)98(116)46-44-68-34-29-35-69(102(68)105)45-47-99-104(17,18)79-39-26-28-41-97(79)117(99)51-33-49-107-101(119)43-31-37-77-67(14)83-53-81-61(8)71(20-2)89(109-81)55-85-63(10)73(22-4)91(111-85)57-87-65(12)75(24-6)93(113-87)59-95(77)115-83;;/h25-28,38-41,44-47,52-59H,19-24,29-37,42-43,48-51H2,1-18H3,(H4-2,106,107,108,109,110,111,112,113,114,115,118,119);;/q-1;2*+2/p-2. The van der Waals surface area contributed by atoms with E-state index in [1.54, 1.807) is 0 Å². The minimum absolute atomic E-state index is 0. The monoisotopic (exact) mass is 1730 g/mol. The third kappa shape index (κ3) is 17.3. The molecule has 14 nitrogen and oxygen atoms in total. The Hall–Kier alpha value is -9.45. The summed E-state index contributed by atoms with van der Waals surface area (Å²) in [7, 11) is 0. The molecule has 0 spiro atoms. The van der Waals surface area contributed by atoms with E-state index in [-0.39, 0.29) is 61.6 Å². The second kappa shape index (κ2) is 37.3. The first-order valence-electron chi connectivity index (χ1n) is 44.0. The molecule has 6 aromatic heterocycles. The SMILES string of the molecule is CCC1=C(C)c2cc3[n-]c(cc4nc(cc5[n-]c(cc1n2)c(C)c5CC)C(CCCC(=O)NCCCN1/C(=C/C=C2\CCCC(/C=C/C5=[N+](CCCNC(=O)CCCC6=C(C)c7cc8[n-]c(cc9nc(cc%10[n-]c(cc6n7)c(CC)c%10C)C(CC)=C9C)c(CC)c8C)c6ccccc6C5(C)C)=C2Cl)C(C)(C)c2ccccc21)=C4C)c(C)c3CC.[Zn+2].[Zn+2]. The number of aryl methyl sites for hydroxylation is 8. The van der Waals surface area contributed by atoms with Gasteiger partial charge in [0.15, 0.2) is 12.3 Å². The first-order valence-corrected chi connectivity index (χ1v) is 44.4. The minimum Gasteiger partial charge on any atom is -0.657 e. The first-order chi connectivity index (χ1) is 57.3. The Morgan fingerprint density at radius 3 is 1.31 bits per heavy atom. The van der Waals surface area contributed by atoms with E-state index in [1.807, 2.05) is 0 Å². The van der Waals surface area contributed by atoms with Crippen molar-refractivity contribution in [3.05, 3.63) is 244 Å². The zero-order valence-electron chi connectivity index (χ0n) is 75.0. The second-order valence-corrected chi connectivity index (χ2v) is 34.9. The number of aromatic nitrogens is 8. The number of allylic oxidation sites excluding steroid dienone is 16. The molecule has 2 aromatic carbocycles. The molecule has 17 heteroatoms. The van der Waals surface area contributed by atoms with E-state index in [1.165, 1.54) is 101 Å². The largest absolute Gasteiger partial charge is 2.00 e. The number of carbonyl (C=O) groups is 2. The van der Waals surface area contributed by atoms with Gasteiger partial charge in [-0.3, -0.25) is 9.59 Å². The molecular formula is C104H118ClN12O2Zn2+. The Morgan fingerprint density at radius 2 is 0.860 bits per heavy atom. The third-order valence-corrected chi connectivity index (χ3v) is 27.3. The van der Waals surface area contributed by atoms with E-state index < -0.39 is 0 Å². The Balaban J connectivity index is 0.00000632. The van der Waals surface area contributed by atoms with Crippen molar-refractivity contribution in [1.82, 2.24) is 50.5 Å². The Kier molecular flexibility index (Phi) is 27.5. The zero-order chi connectivity index (χ0) is 84.0. The van der Waals surface area contributed by atoms with Crippen molar-refractivity contribution in [3.8, 4) is 0 Å². The summed E-state index contributed by atoms with van der Waals surface area (Å²) in [5.41, 5.74) is 43.1. The molecule has 7 aliphatic rings. The molecule has 0 unspecified atom stereocenters. The number of hydrogen-bond acceptors (Lipinski definition) is 7. The van der Waals surface area contributed by atoms with Crippen molar-refractivity contribution < 1.29 is 53.1 Å². The number of fused-ring (bicyclic) bond motifs is 18. The number of nitrogens with one attached hydrogen (secondary N) is 2. The quantitative estimate of drug-likeness (QED) is 0.0317. The van der Waals surface area contributed by atoms with E-state index in [0.717, 1.165) is 212 Å². The van der Waals surface area contributed by atoms with Crippen LogP contribution in [0.2, 0.25) is 0 Å². The number of nitrogens with zero attached hydrogens (tertiary/aromatic N) is 10. The van der Waals surface area contributed by atoms with Crippen molar-refractivity contribution in [3.63, 3.8) is 0 Å². The fourth-order valence-electron chi connectivity index (χ4n) is 19.7. The van der Waals surface area contributed by atoms with Crippen molar-refractivity contribution >= 4 is 129 Å². The summed E-state index contributed by atoms with van der Waals surface area (Å²) < 4.78 is 2.46. The van der Waals surface area contributed by atoms with Crippen molar-refractivity contribution in [2.24, 2.45) is 0 Å². The van der Waals surface area contributed by atoms with Crippen LogP contribution in [0.3, 0.4) is 0 Å². The molecule has 0 saturated carbocycles. The average Bonchev–Trinajstić information content (AvgIpc) is 1.59. The molecule has 0 atom stereocenters. The van der Waals surface area contributed by atoms with Gasteiger partial charge in [0.2, 0.25) is 17.5 Å². The molecule has 16 bridgehead atoms. The van der Waals surface area contributed by atoms with Gasteiger partial charge < -0.3 is 35.5 Å². The number of carbonyl (C=O) groups excluding carboxylic acids is 2. The number of halogens is 1. The topological polar surface area (TPSA) is 172 Å². The predicted molar refractivity (Wildman–Crippen MR) is 496 cm³/mol. The van der Waals surface area contributed by atoms with Gasteiger partial charge in [0.1, 0.15) is 0 Å². The number of para-hydroxylation sites is 2. The van der Waals surface area contributed by atoms with E-state index in [2.05, 4.69) is 266 Å². The van der Waals surface area contributed by atoms with Gasteiger partial charge in [0.05, 0.1) is 51.0 Å². The van der Waals surface area contributed by atoms with Crippen molar-refractivity contribution in [1.29, 1.82) is 0 Å². The Labute approximate surface area is 747 Å². The van der Waals surface area contributed by atoms with Gasteiger partial charge in [-0.05, 0) is 233 Å². The smallest absolute Gasteiger partial charge is 0.657 e. The van der Waals surface area contributed by atoms with Crippen LogP contribution < -0.4 is 35.5 Å². The molecule has 121 heavy (non-hydrogen) atoms. The van der Waals surface area contributed by atoms with Crippen LogP contribution in [0.4, 0.5) is 11.4 Å². The second-order valence-electron chi connectivity index (χ2n) is 34.5. The molecule has 0 radical (unpaired) electrons. The van der Waals surface area contributed by atoms with Gasteiger partial charge in [0, 0.05) is 78.4 Å². The van der Waals surface area contributed by atoms with Crippen LogP contribution in [-0.2, 0) is 85.1 Å². The molecule has 6 aliphatic heterocycles. The number of benzene rings is 2. The fourth-order valence-corrected chi connectivity index (χ4v) is 20.1. The van der Waals surface area contributed by atoms with Crippen molar-refractivity contribution in [2.45, 2.75) is 245 Å². The number of rotatable bonds is 25. The summed E-state index contributed by atoms with van der Waals surface area (Å²) in [5, 5.41) is 7.45. The van der Waals surface area contributed by atoms with Gasteiger partial charge >= 0.3 is 39.0 Å². The summed E-state index contributed by atoms with van der Waals surface area (Å²) in [4.78, 5) is 72.6. The van der Waals surface area contributed by atoms with Gasteiger partial charge in [0.25, 0.3) is 0 Å². The van der Waals surface area contributed by atoms with Gasteiger partial charge in [-0.1, -0.05) is 209 Å². The minimum atomic E-state index is -0.271. The van der Waals surface area contributed by atoms with Gasteiger partial charge in [-0.15, -0.1) is 44.1 Å².